The van der Waals surface area contributed by atoms with Gasteiger partial charge in [-0.15, -0.1) is 12.4 Å². The number of nitrogens with one attached hydrogen (secondary N) is 3. The number of piperidine rings is 1. The SMILES string of the molecule is COCC1(C(=O)Nc2ccc(CC3CC(=O)NC3=O)cc2)CCNCC1.Cl. The second-order valence-electron chi connectivity index (χ2n) is 7.13. The molecule has 1 aromatic rings. The molecule has 2 heterocycles. The quantitative estimate of drug-likeness (QED) is 0.630. The van der Waals surface area contributed by atoms with Crippen LogP contribution in [-0.2, 0) is 25.5 Å². The lowest BCUT2D eigenvalue weighted by atomic mass is 9.78. The van der Waals surface area contributed by atoms with Crippen LogP contribution >= 0.6 is 12.4 Å². The van der Waals surface area contributed by atoms with Gasteiger partial charge in [0.05, 0.1) is 17.9 Å². The molecule has 148 valence electrons. The molecule has 7 nitrogen and oxygen atoms in total. The first kappa shape index (κ1) is 21.3. The molecule has 2 saturated heterocycles. The predicted octanol–water partition coefficient (Wildman–Crippen LogP) is 1.27. The topological polar surface area (TPSA) is 96.5 Å². The van der Waals surface area contributed by atoms with Crippen molar-refractivity contribution in [2.24, 2.45) is 11.3 Å². The van der Waals surface area contributed by atoms with Crippen LogP contribution in [0.4, 0.5) is 5.69 Å². The van der Waals surface area contributed by atoms with Crippen LogP contribution in [0.1, 0.15) is 24.8 Å². The molecule has 8 heteroatoms. The number of halogens is 1. The van der Waals surface area contributed by atoms with Gasteiger partial charge in [-0.05, 0) is 50.0 Å². The molecule has 1 aromatic carbocycles. The van der Waals surface area contributed by atoms with Crippen molar-refractivity contribution in [3.05, 3.63) is 29.8 Å². The van der Waals surface area contributed by atoms with Gasteiger partial charge in [-0.2, -0.15) is 0 Å². The molecule has 3 N–H and O–H groups in total. The van der Waals surface area contributed by atoms with Crippen molar-refractivity contribution in [1.29, 1.82) is 0 Å². The molecular formula is C19H26ClN3O4. The molecular weight excluding hydrogens is 370 g/mol. The Labute approximate surface area is 165 Å². The van der Waals surface area contributed by atoms with Crippen molar-refractivity contribution in [3.63, 3.8) is 0 Å². The summed E-state index contributed by atoms with van der Waals surface area (Å²) in [5.74, 6) is -0.744. The van der Waals surface area contributed by atoms with E-state index < -0.39 is 5.41 Å². The monoisotopic (exact) mass is 395 g/mol. The van der Waals surface area contributed by atoms with Gasteiger partial charge >= 0.3 is 0 Å². The van der Waals surface area contributed by atoms with Gasteiger partial charge < -0.3 is 15.4 Å². The maximum absolute atomic E-state index is 12.8. The highest BCUT2D eigenvalue weighted by molar-refractivity contribution is 6.03. The van der Waals surface area contributed by atoms with E-state index in [1.54, 1.807) is 7.11 Å². The summed E-state index contributed by atoms with van der Waals surface area (Å²) in [6.45, 7) is 2.01. The number of hydrogen-bond donors (Lipinski definition) is 3. The zero-order valence-electron chi connectivity index (χ0n) is 15.4. The van der Waals surface area contributed by atoms with Gasteiger partial charge in [0.15, 0.2) is 0 Å². The van der Waals surface area contributed by atoms with Crippen molar-refractivity contribution in [2.45, 2.75) is 25.7 Å². The summed E-state index contributed by atoms with van der Waals surface area (Å²) in [6.07, 6.45) is 2.25. The molecule has 0 bridgehead atoms. The van der Waals surface area contributed by atoms with Gasteiger partial charge in [-0.1, -0.05) is 12.1 Å². The molecule has 0 aromatic heterocycles. The van der Waals surface area contributed by atoms with Gasteiger partial charge in [-0.25, -0.2) is 0 Å². The number of imide groups is 1. The minimum atomic E-state index is -0.499. The molecule has 3 rings (SSSR count). The normalized spacial score (nSPS) is 21.3. The summed E-state index contributed by atoms with van der Waals surface area (Å²) < 4.78 is 5.30. The van der Waals surface area contributed by atoms with Crippen LogP contribution in [-0.4, -0.2) is 44.5 Å². The Morgan fingerprint density at radius 3 is 2.44 bits per heavy atom. The van der Waals surface area contributed by atoms with Crippen molar-refractivity contribution >= 4 is 35.8 Å². The number of benzene rings is 1. The van der Waals surface area contributed by atoms with E-state index in [0.29, 0.717) is 13.0 Å². The number of carbonyl (C=O) groups excluding carboxylic acids is 3. The number of anilines is 1. The summed E-state index contributed by atoms with van der Waals surface area (Å²) in [5.41, 5.74) is 1.19. The first-order chi connectivity index (χ1) is 12.5. The summed E-state index contributed by atoms with van der Waals surface area (Å²) in [6, 6.07) is 7.45. The largest absolute Gasteiger partial charge is 0.384 e. The smallest absolute Gasteiger partial charge is 0.233 e. The lowest BCUT2D eigenvalue weighted by molar-refractivity contribution is -0.130. The molecule has 0 saturated carbocycles. The van der Waals surface area contributed by atoms with Crippen LogP contribution in [0.2, 0.25) is 0 Å². The standard InChI is InChI=1S/C19H25N3O4.ClH/c1-26-12-19(6-8-20-9-7-19)18(25)21-15-4-2-13(3-5-15)10-14-11-16(23)22-17(14)24;/h2-5,14,20H,6-12H2,1H3,(H,21,25)(H,22,23,24);1H. The Bertz CT molecular complexity index is 681. The fraction of sp³-hybridized carbons (Fsp3) is 0.526. The number of amides is 3. The highest BCUT2D eigenvalue weighted by Gasteiger charge is 2.39. The Kier molecular flexibility index (Phi) is 7.35. The molecule has 0 aliphatic carbocycles. The number of carbonyl (C=O) groups is 3. The Morgan fingerprint density at radius 2 is 1.89 bits per heavy atom. The highest BCUT2D eigenvalue weighted by atomic mass is 35.5. The summed E-state index contributed by atoms with van der Waals surface area (Å²) in [7, 11) is 1.62. The van der Waals surface area contributed by atoms with E-state index in [9.17, 15) is 14.4 Å². The van der Waals surface area contributed by atoms with Crippen molar-refractivity contribution in [2.75, 3.05) is 32.1 Å². The Hall–Kier alpha value is -1.96. The van der Waals surface area contributed by atoms with Crippen LogP contribution in [0.15, 0.2) is 24.3 Å². The van der Waals surface area contributed by atoms with Gasteiger partial charge in [0.25, 0.3) is 0 Å². The van der Waals surface area contributed by atoms with Gasteiger partial charge in [-0.3, -0.25) is 19.7 Å². The number of rotatable bonds is 6. The van der Waals surface area contributed by atoms with Crippen LogP contribution in [0.25, 0.3) is 0 Å². The number of methoxy groups -OCH3 is 1. The highest BCUT2D eigenvalue weighted by Crippen LogP contribution is 2.31. The third-order valence-electron chi connectivity index (χ3n) is 5.22. The van der Waals surface area contributed by atoms with E-state index >= 15 is 0 Å². The van der Waals surface area contributed by atoms with Gasteiger partial charge in [0, 0.05) is 19.2 Å². The first-order valence-electron chi connectivity index (χ1n) is 8.96. The maximum atomic E-state index is 12.8. The predicted molar refractivity (Wildman–Crippen MR) is 104 cm³/mol. The number of ether oxygens (including phenoxy) is 1. The number of hydrogen-bond acceptors (Lipinski definition) is 5. The van der Waals surface area contributed by atoms with E-state index in [4.69, 9.17) is 4.74 Å². The molecule has 2 aliphatic heterocycles. The lowest BCUT2D eigenvalue weighted by Gasteiger charge is -2.35. The van der Waals surface area contributed by atoms with Crippen LogP contribution in [0.3, 0.4) is 0 Å². The third-order valence-corrected chi connectivity index (χ3v) is 5.22. The summed E-state index contributed by atoms with van der Waals surface area (Å²) >= 11 is 0. The van der Waals surface area contributed by atoms with Crippen molar-refractivity contribution in [3.8, 4) is 0 Å². The fourth-order valence-corrected chi connectivity index (χ4v) is 3.66. The third kappa shape index (κ3) is 5.06. The second-order valence-corrected chi connectivity index (χ2v) is 7.13. The molecule has 2 fully saturated rings. The minimum absolute atomic E-state index is 0. The van der Waals surface area contributed by atoms with E-state index in [0.717, 1.165) is 37.2 Å². The molecule has 1 atom stereocenters. The second kappa shape index (κ2) is 9.30. The fourth-order valence-electron chi connectivity index (χ4n) is 3.66. The molecule has 2 aliphatic rings. The van der Waals surface area contributed by atoms with Gasteiger partial charge in [0.1, 0.15) is 0 Å². The zero-order valence-corrected chi connectivity index (χ0v) is 16.2. The Balaban J connectivity index is 0.00000261. The minimum Gasteiger partial charge on any atom is -0.384 e. The summed E-state index contributed by atoms with van der Waals surface area (Å²) in [5, 5.41) is 8.59. The van der Waals surface area contributed by atoms with Crippen LogP contribution < -0.4 is 16.0 Å². The molecule has 0 radical (unpaired) electrons. The lowest BCUT2D eigenvalue weighted by Crippen LogP contribution is -2.47. The molecule has 1 unspecified atom stereocenters. The maximum Gasteiger partial charge on any atom is 0.233 e. The zero-order chi connectivity index (χ0) is 18.6. The van der Waals surface area contributed by atoms with Crippen LogP contribution in [0, 0.1) is 11.3 Å². The average molecular weight is 396 g/mol. The first-order valence-corrected chi connectivity index (χ1v) is 8.96. The van der Waals surface area contributed by atoms with Crippen LogP contribution in [0.5, 0.6) is 0 Å². The van der Waals surface area contributed by atoms with E-state index in [1.807, 2.05) is 24.3 Å². The molecule has 3 amide bonds. The van der Waals surface area contributed by atoms with E-state index in [1.165, 1.54) is 0 Å². The van der Waals surface area contributed by atoms with E-state index in [-0.39, 0.29) is 42.5 Å². The van der Waals surface area contributed by atoms with Crippen molar-refractivity contribution in [1.82, 2.24) is 10.6 Å². The Morgan fingerprint density at radius 1 is 1.22 bits per heavy atom. The molecule has 0 spiro atoms. The van der Waals surface area contributed by atoms with Gasteiger partial charge in [0.2, 0.25) is 17.7 Å². The van der Waals surface area contributed by atoms with Crippen molar-refractivity contribution < 1.29 is 19.1 Å². The average Bonchev–Trinajstić information content (AvgIpc) is 2.95. The summed E-state index contributed by atoms with van der Waals surface area (Å²) in [4.78, 5) is 35.7. The van der Waals surface area contributed by atoms with E-state index in [2.05, 4.69) is 16.0 Å². The molecule has 27 heavy (non-hydrogen) atoms.